The van der Waals surface area contributed by atoms with E-state index < -0.39 is 0 Å². The second kappa shape index (κ2) is 7.85. The first-order chi connectivity index (χ1) is 9.06. The smallest absolute Gasteiger partial charge is 0.140 e. The van der Waals surface area contributed by atoms with Crippen molar-refractivity contribution in [2.75, 3.05) is 12.4 Å². The van der Waals surface area contributed by atoms with Crippen molar-refractivity contribution in [3.63, 3.8) is 0 Å². The zero-order valence-electron chi connectivity index (χ0n) is 12.6. The SMILES string of the molecule is CCC(CC)(CCl)CNCc1ncnn1CC(C)C. The van der Waals surface area contributed by atoms with E-state index in [0.717, 1.165) is 38.3 Å². The molecule has 1 N–H and O–H groups in total. The fourth-order valence-electron chi connectivity index (χ4n) is 2.10. The summed E-state index contributed by atoms with van der Waals surface area (Å²) in [6.07, 6.45) is 3.82. The Morgan fingerprint density at radius 2 is 2.05 bits per heavy atom. The zero-order valence-corrected chi connectivity index (χ0v) is 13.4. The minimum atomic E-state index is 0.199. The van der Waals surface area contributed by atoms with Crippen LogP contribution < -0.4 is 5.32 Å². The van der Waals surface area contributed by atoms with E-state index in [0.29, 0.717) is 11.8 Å². The molecule has 0 aromatic carbocycles. The summed E-state index contributed by atoms with van der Waals surface area (Å²) in [5.41, 5.74) is 0.199. The largest absolute Gasteiger partial charge is 0.309 e. The van der Waals surface area contributed by atoms with Crippen LogP contribution in [0.15, 0.2) is 6.33 Å². The van der Waals surface area contributed by atoms with Gasteiger partial charge in [0.05, 0.1) is 6.54 Å². The van der Waals surface area contributed by atoms with E-state index in [-0.39, 0.29) is 5.41 Å². The lowest BCUT2D eigenvalue weighted by atomic mass is 9.84. The monoisotopic (exact) mass is 286 g/mol. The van der Waals surface area contributed by atoms with Crippen LogP contribution >= 0.6 is 11.6 Å². The number of halogens is 1. The van der Waals surface area contributed by atoms with Crippen LogP contribution in [0.2, 0.25) is 0 Å². The van der Waals surface area contributed by atoms with Crippen LogP contribution in [0.1, 0.15) is 46.4 Å². The Hall–Kier alpha value is -0.610. The van der Waals surface area contributed by atoms with Crippen molar-refractivity contribution >= 4 is 11.6 Å². The first kappa shape index (κ1) is 16.4. The van der Waals surface area contributed by atoms with Gasteiger partial charge in [0.2, 0.25) is 0 Å². The molecule has 1 rings (SSSR count). The number of hydrogen-bond acceptors (Lipinski definition) is 3. The van der Waals surface area contributed by atoms with Crippen LogP contribution in [0.3, 0.4) is 0 Å². The van der Waals surface area contributed by atoms with Gasteiger partial charge in [0, 0.05) is 19.0 Å². The van der Waals surface area contributed by atoms with E-state index in [4.69, 9.17) is 11.6 Å². The highest BCUT2D eigenvalue weighted by atomic mass is 35.5. The summed E-state index contributed by atoms with van der Waals surface area (Å²) in [7, 11) is 0. The van der Waals surface area contributed by atoms with Gasteiger partial charge >= 0.3 is 0 Å². The molecule has 19 heavy (non-hydrogen) atoms. The maximum atomic E-state index is 6.11. The molecule has 0 spiro atoms. The number of alkyl halides is 1. The summed E-state index contributed by atoms with van der Waals surface area (Å²) in [4.78, 5) is 4.32. The highest BCUT2D eigenvalue weighted by Crippen LogP contribution is 2.26. The van der Waals surface area contributed by atoms with Gasteiger partial charge in [-0.05, 0) is 24.2 Å². The van der Waals surface area contributed by atoms with Gasteiger partial charge in [-0.3, -0.25) is 0 Å². The molecule has 0 saturated heterocycles. The fraction of sp³-hybridized carbons (Fsp3) is 0.857. The van der Waals surface area contributed by atoms with Crippen LogP contribution in [0.25, 0.3) is 0 Å². The standard InChI is InChI=1S/C14H27ClN4/c1-5-14(6-2,9-15)10-16-7-13-17-11-18-19(13)8-12(3)4/h11-12,16H,5-10H2,1-4H3. The first-order valence-electron chi connectivity index (χ1n) is 7.20. The number of nitrogens with one attached hydrogen (secondary N) is 1. The highest BCUT2D eigenvalue weighted by Gasteiger charge is 2.24. The molecule has 0 atom stereocenters. The van der Waals surface area contributed by atoms with Gasteiger partial charge in [0.15, 0.2) is 0 Å². The normalized spacial score (nSPS) is 12.3. The summed E-state index contributed by atoms with van der Waals surface area (Å²) < 4.78 is 1.98. The predicted octanol–water partition coefficient (Wildman–Crippen LogP) is 3.07. The zero-order chi connectivity index (χ0) is 14.3. The second-order valence-corrected chi connectivity index (χ2v) is 5.96. The van der Waals surface area contributed by atoms with Crippen molar-refractivity contribution < 1.29 is 0 Å². The minimum absolute atomic E-state index is 0.199. The van der Waals surface area contributed by atoms with Gasteiger partial charge in [-0.15, -0.1) is 11.6 Å². The molecule has 110 valence electrons. The van der Waals surface area contributed by atoms with Crippen molar-refractivity contribution in [2.45, 2.75) is 53.6 Å². The lowest BCUT2D eigenvalue weighted by Gasteiger charge is -2.29. The Morgan fingerprint density at radius 1 is 1.37 bits per heavy atom. The van der Waals surface area contributed by atoms with Crippen LogP contribution in [-0.4, -0.2) is 27.2 Å². The van der Waals surface area contributed by atoms with E-state index in [9.17, 15) is 0 Å². The van der Waals surface area contributed by atoms with Gasteiger partial charge in [0.1, 0.15) is 12.2 Å². The number of aromatic nitrogens is 3. The van der Waals surface area contributed by atoms with E-state index in [1.807, 2.05) is 4.68 Å². The molecule has 4 nitrogen and oxygen atoms in total. The maximum absolute atomic E-state index is 6.11. The van der Waals surface area contributed by atoms with Gasteiger partial charge in [-0.25, -0.2) is 9.67 Å². The molecule has 0 unspecified atom stereocenters. The molecule has 0 aliphatic heterocycles. The Kier molecular flexibility index (Phi) is 6.80. The number of rotatable bonds is 9. The Balaban J connectivity index is 2.51. The highest BCUT2D eigenvalue weighted by molar-refractivity contribution is 6.18. The summed E-state index contributed by atoms with van der Waals surface area (Å²) in [5.74, 6) is 2.28. The van der Waals surface area contributed by atoms with Crippen LogP contribution in [0.5, 0.6) is 0 Å². The molecule has 0 fully saturated rings. The molecular weight excluding hydrogens is 260 g/mol. The van der Waals surface area contributed by atoms with E-state index in [1.165, 1.54) is 0 Å². The summed E-state index contributed by atoms with van der Waals surface area (Å²) in [6.45, 7) is 11.4. The van der Waals surface area contributed by atoms with E-state index >= 15 is 0 Å². The van der Waals surface area contributed by atoms with Gasteiger partial charge < -0.3 is 5.32 Å². The van der Waals surface area contributed by atoms with Crippen LogP contribution in [0, 0.1) is 11.3 Å². The van der Waals surface area contributed by atoms with Crippen molar-refractivity contribution in [1.29, 1.82) is 0 Å². The molecule has 0 aliphatic rings. The third-order valence-corrected chi connectivity index (χ3v) is 4.37. The van der Waals surface area contributed by atoms with E-state index in [2.05, 4.69) is 43.1 Å². The molecule has 1 heterocycles. The third-order valence-electron chi connectivity index (χ3n) is 3.80. The second-order valence-electron chi connectivity index (χ2n) is 5.70. The molecule has 1 aromatic rings. The van der Waals surface area contributed by atoms with Crippen LogP contribution in [0.4, 0.5) is 0 Å². The van der Waals surface area contributed by atoms with Crippen LogP contribution in [-0.2, 0) is 13.1 Å². The molecule has 0 aliphatic carbocycles. The topological polar surface area (TPSA) is 42.7 Å². The first-order valence-corrected chi connectivity index (χ1v) is 7.73. The molecule has 0 saturated carbocycles. The average Bonchev–Trinajstić information content (AvgIpc) is 2.82. The lowest BCUT2D eigenvalue weighted by molar-refractivity contribution is 0.283. The van der Waals surface area contributed by atoms with Crippen molar-refractivity contribution in [3.05, 3.63) is 12.2 Å². The number of nitrogens with zero attached hydrogens (tertiary/aromatic N) is 3. The van der Waals surface area contributed by atoms with Crippen molar-refractivity contribution in [3.8, 4) is 0 Å². The van der Waals surface area contributed by atoms with Gasteiger partial charge in [-0.2, -0.15) is 5.10 Å². The average molecular weight is 287 g/mol. The summed E-state index contributed by atoms with van der Waals surface area (Å²) in [6, 6.07) is 0. The summed E-state index contributed by atoms with van der Waals surface area (Å²) >= 11 is 6.11. The van der Waals surface area contributed by atoms with E-state index in [1.54, 1.807) is 6.33 Å². The van der Waals surface area contributed by atoms with Gasteiger partial charge in [0.25, 0.3) is 0 Å². The van der Waals surface area contributed by atoms with Crippen molar-refractivity contribution in [1.82, 2.24) is 20.1 Å². The summed E-state index contributed by atoms with van der Waals surface area (Å²) in [5, 5.41) is 7.76. The molecular formula is C14H27ClN4. The Bertz CT molecular complexity index is 350. The maximum Gasteiger partial charge on any atom is 0.140 e. The molecule has 1 aromatic heterocycles. The minimum Gasteiger partial charge on any atom is -0.309 e. The molecule has 5 heteroatoms. The Morgan fingerprint density at radius 3 is 2.58 bits per heavy atom. The van der Waals surface area contributed by atoms with Crippen molar-refractivity contribution in [2.24, 2.45) is 11.3 Å². The Labute approximate surface area is 121 Å². The lowest BCUT2D eigenvalue weighted by Crippen LogP contribution is -2.35. The third kappa shape index (κ3) is 4.77. The molecule has 0 amide bonds. The number of hydrogen-bond donors (Lipinski definition) is 1. The molecule has 0 radical (unpaired) electrons. The quantitative estimate of drug-likeness (QED) is 0.710. The van der Waals surface area contributed by atoms with Gasteiger partial charge in [-0.1, -0.05) is 27.7 Å². The fourth-order valence-corrected chi connectivity index (χ4v) is 2.57. The molecule has 0 bridgehead atoms. The predicted molar refractivity (Wildman–Crippen MR) is 80.3 cm³/mol.